The molecule has 1 saturated carbocycles. The van der Waals surface area contributed by atoms with Crippen LogP contribution >= 0.6 is 0 Å². The molecule has 0 bridgehead atoms. The summed E-state index contributed by atoms with van der Waals surface area (Å²) >= 11 is 0. The van der Waals surface area contributed by atoms with Crippen molar-refractivity contribution in [3.8, 4) is 0 Å². The molecule has 0 radical (unpaired) electrons. The number of rotatable bonds is 2. The van der Waals surface area contributed by atoms with Crippen LogP contribution in [0.25, 0.3) is 0 Å². The van der Waals surface area contributed by atoms with Gasteiger partial charge in [-0.05, 0) is 31.6 Å². The number of carbonyl (C=O) groups excluding carboxylic acids is 1. The molecular weight excluding hydrogens is 152 g/mol. The molecule has 1 saturated heterocycles. The SMILES string of the molecule is O=CC1(C2CCC2)CCOCC1. The van der Waals surface area contributed by atoms with Crippen molar-refractivity contribution in [2.75, 3.05) is 13.2 Å². The average molecular weight is 168 g/mol. The van der Waals surface area contributed by atoms with Crippen molar-refractivity contribution in [3.63, 3.8) is 0 Å². The van der Waals surface area contributed by atoms with Crippen molar-refractivity contribution in [2.24, 2.45) is 11.3 Å². The van der Waals surface area contributed by atoms with Crippen molar-refractivity contribution >= 4 is 6.29 Å². The molecule has 0 atom stereocenters. The van der Waals surface area contributed by atoms with E-state index in [2.05, 4.69) is 0 Å². The molecule has 2 nitrogen and oxygen atoms in total. The van der Waals surface area contributed by atoms with Crippen LogP contribution < -0.4 is 0 Å². The Bertz CT molecular complexity index is 167. The molecule has 0 unspecified atom stereocenters. The van der Waals surface area contributed by atoms with Crippen LogP contribution in [0.2, 0.25) is 0 Å². The third kappa shape index (κ3) is 1.18. The van der Waals surface area contributed by atoms with Gasteiger partial charge in [0, 0.05) is 18.6 Å². The molecule has 0 N–H and O–H groups in total. The Morgan fingerprint density at radius 2 is 1.92 bits per heavy atom. The molecule has 0 spiro atoms. The van der Waals surface area contributed by atoms with Gasteiger partial charge in [-0.2, -0.15) is 0 Å². The fourth-order valence-corrected chi connectivity index (χ4v) is 2.36. The van der Waals surface area contributed by atoms with E-state index in [0.717, 1.165) is 26.1 Å². The molecule has 0 amide bonds. The molecule has 0 aromatic heterocycles. The highest BCUT2D eigenvalue weighted by molar-refractivity contribution is 5.60. The van der Waals surface area contributed by atoms with E-state index in [0.29, 0.717) is 5.92 Å². The summed E-state index contributed by atoms with van der Waals surface area (Å²) in [7, 11) is 0. The first kappa shape index (κ1) is 8.24. The second-order valence-electron chi connectivity index (χ2n) is 4.09. The van der Waals surface area contributed by atoms with Gasteiger partial charge in [0.05, 0.1) is 0 Å². The highest BCUT2D eigenvalue weighted by atomic mass is 16.5. The van der Waals surface area contributed by atoms with Crippen LogP contribution in [0.5, 0.6) is 0 Å². The minimum Gasteiger partial charge on any atom is -0.381 e. The maximum absolute atomic E-state index is 11.1. The van der Waals surface area contributed by atoms with Gasteiger partial charge in [-0.3, -0.25) is 0 Å². The Balaban J connectivity index is 2.05. The number of hydrogen-bond acceptors (Lipinski definition) is 2. The first-order valence-corrected chi connectivity index (χ1v) is 4.91. The smallest absolute Gasteiger partial charge is 0.126 e. The molecule has 2 aliphatic rings. The van der Waals surface area contributed by atoms with E-state index in [1.807, 2.05) is 0 Å². The molecule has 2 fully saturated rings. The van der Waals surface area contributed by atoms with Crippen LogP contribution in [-0.4, -0.2) is 19.5 Å². The van der Waals surface area contributed by atoms with Gasteiger partial charge in [0.15, 0.2) is 0 Å². The van der Waals surface area contributed by atoms with Crippen LogP contribution in [0.1, 0.15) is 32.1 Å². The zero-order chi connectivity index (χ0) is 8.44. The van der Waals surface area contributed by atoms with Crippen LogP contribution in [0, 0.1) is 11.3 Å². The van der Waals surface area contributed by atoms with Gasteiger partial charge in [0.2, 0.25) is 0 Å². The maximum Gasteiger partial charge on any atom is 0.126 e. The van der Waals surface area contributed by atoms with Crippen molar-refractivity contribution in [1.29, 1.82) is 0 Å². The summed E-state index contributed by atoms with van der Waals surface area (Å²) in [4.78, 5) is 11.1. The minimum absolute atomic E-state index is 0.0104. The highest BCUT2D eigenvalue weighted by Crippen LogP contribution is 2.46. The Hall–Kier alpha value is -0.370. The van der Waals surface area contributed by atoms with Crippen LogP contribution in [-0.2, 0) is 9.53 Å². The normalized spacial score (nSPS) is 29.3. The zero-order valence-corrected chi connectivity index (χ0v) is 7.42. The molecule has 1 aliphatic carbocycles. The van der Waals surface area contributed by atoms with E-state index in [1.165, 1.54) is 25.5 Å². The summed E-state index contributed by atoms with van der Waals surface area (Å²) in [6, 6.07) is 0. The van der Waals surface area contributed by atoms with Crippen LogP contribution in [0.3, 0.4) is 0 Å². The molecular formula is C10H16O2. The highest BCUT2D eigenvalue weighted by Gasteiger charge is 2.42. The quantitative estimate of drug-likeness (QED) is 0.587. The van der Waals surface area contributed by atoms with Gasteiger partial charge in [-0.1, -0.05) is 6.42 Å². The number of aldehydes is 1. The van der Waals surface area contributed by atoms with E-state index >= 15 is 0 Å². The first-order valence-electron chi connectivity index (χ1n) is 4.91. The molecule has 1 heterocycles. The van der Waals surface area contributed by atoms with Gasteiger partial charge in [-0.15, -0.1) is 0 Å². The lowest BCUT2D eigenvalue weighted by atomic mass is 9.62. The lowest BCUT2D eigenvalue weighted by Crippen LogP contribution is -2.41. The number of hydrogen-bond donors (Lipinski definition) is 0. The van der Waals surface area contributed by atoms with E-state index in [9.17, 15) is 4.79 Å². The monoisotopic (exact) mass is 168 g/mol. The minimum atomic E-state index is 0.0104. The van der Waals surface area contributed by atoms with Crippen molar-refractivity contribution in [2.45, 2.75) is 32.1 Å². The van der Waals surface area contributed by atoms with Gasteiger partial charge in [-0.25, -0.2) is 0 Å². The van der Waals surface area contributed by atoms with Gasteiger partial charge in [0.1, 0.15) is 6.29 Å². The standard InChI is InChI=1S/C10H16O2/c11-8-10(9-2-1-3-9)4-6-12-7-5-10/h8-9H,1-7H2. The molecule has 12 heavy (non-hydrogen) atoms. The summed E-state index contributed by atoms with van der Waals surface area (Å²) in [5.41, 5.74) is 0.0104. The summed E-state index contributed by atoms with van der Waals surface area (Å²) in [5.74, 6) is 0.680. The average Bonchev–Trinajstić information content (AvgIpc) is 2.03. The summed E-state index contributed by atoms with van der Waals surface area (Å²) in [6.07, 6.45) is 6.97. The molecule has 0 aromatic rings. The number of carbonyl (C=O) groups is 1. The predicted octanol–water partition coefficient (Wildman–Crippen LogP) is 1.78. The third-order valence-corrected chi connectivity index (χ3v) is 3.58. The summed E-state index contributed by atoms with van der Waals surface area (Å²) in [5, 5.41) is 0. The predicted molar refractivity (Wildman–Crippen MR) is 45.9 cm³/mol. The third-order valence-electron chi connectivity index (χ3n) is 3.58. The lowest BCUT2D eigenvalue weighted by molar-refractivity contribution is -0.129. The largest absolute Gasteiger partial charge is 0.381 e. The molecule has 2 rings (SSSR count). The van der Waals surface area contributed by atoms with Gasteiger partial charge >= 0.3 is 0 Å². The fourth-order valence-electron chi connectivity index (χ4n) is 2.36. The second kappa shape index (κ2) is 3.17. The Morgan fingerprint density at radius 3 is 2.33 bits per heavy atom. The van der Waals surface area contributed by atoms with Crippen molar-refractivity contribution in [3.05, 3.63) is 0 Å². The van der Waals surface area contributed by atoms with E-state index in [-0.39, 0.29) is 5.41 Å². The molecule has 68 valence electrons. The lowest BCUT2D eigenvalue weighted by Gasteiger charge is -2.43. The van der Waals surface area contributed by atoms with Crippen LogP contribution in [0.15, 0.2) is 0 Å². The Kier molecular flexibility index (Phi) is 2.18. The summed E-state index contributed by atoms with van der Waals surface area (Å²) < 4.78 is 5.29. The summed E-state index contributed by atoms with van der Waals surface area (Å²) in [6.45, 7) is 1.57. The van der Waals surface area contributed by atoms with Gasteiger partial charge in [0.25, 0.3) is 0 Å². The first-order chi connectivity index (χ1) is 5.87. The molecule has 1 aliphatic heterocycles. The van der Waals surface area contributed by atoms with E-state index in [4.69, 9.17) is 4.74 Å². The van der Waals surface area contributed by atoms with Crippen LogP contribution in [0.4, 0.5) is 0 Å². The maximum atomic E-state index is 11.1. The Labute approximate surface area is 73.3 Å². The van der Waals surface area contributed by atoms with E-state index < -0.39 is 0 Å². The second-order valence-corrected chi connectivity index (χ2v) is 4.09. The zero-order valence-electron chi connectivity index (χ0n) is 7.42. The Morgan fingerprint density at radius 1 is 1.25 bits per heavy atom. The number of ether oxygens (including phenoxy) is 1. The molecule has 0 aromatic carbocycles. The topological polar surface area (TPSA) is 26.3 Å². The van der Waals surface area contributed by atoms with E-state index in [1.54, 1.807) is 0 Å². The van der Waals surface area contributed by atoms with Gasteiger partial charge < -0.3 is 9.53 Å². The van der Waals surface area contributed by atoms with Crippen molar-refractivity contribution < 1.29 is 9.53 Å². The van der Waals surface area contributed by atoms with Crippen molar-refractivity contribution in [1.82, 2.24) is 0 Å². The fraction of sp³-hybridized carbons (Fsp3) is 0.900. The molecule has 2 heteroatoms.